The number of halogens is 1. The Morgan fingerprint density at radius 1 is 1.31 bits per heavy atom. The summed E-state index contributed by atoms with van der Waals surface area (Å²) in [6.07, 6.45) is 0. The molecule has 0 rings (SSSR count). The monoisotopic (exact) mass is 260 g/mol. The Labute approximate surface area is 115 Å². The minimum absolute atomic E-state index is 0. The molecule has 0 atom stereocenters. The van der Waals surface area contributed by atoms with Crippen molar-refractivity contribution in [1.82, 2.24) is 0 Å². The van der Waals surface area contributed by atoms with E-state index >= 15 is 0 Å². The normalized spacial score (nSPS) is 11.5. The van der Waals surface area contributed by atoms with Crippen molar-refractivity contribution in [3.05, 3.63) is 0 Å². The molecule has 0 unspecified atom stereocenters. The number of quaternary nitrogens is 1. The predicted molar refractivity (Wildman–Crippen MR) is 53.9 cm³/mol. The van der Waals surface area contributed by atoms with Gasteiger partial charge in [-0.3, -0.25) is 4.52 Å². The number of hydrogen-bond acceptors (Lipinski definition) is 2. The first-order valence-corrected chi connectivity index (χ1v) is 4.74. The molecule has 0 spiro atoms. The van der Waals surface area contributed by atoms with Gasteiger partial charge in [0.15, 0.2) is 0 Å². The van der Waals surface area contributed by atoms with E-state index in [0.29, 0.717) is 11.0 Å². The topological polar surface area (TPSA) is 66.8 Å². The molecule has 2 N–H and O–H groups in total. The molecule has 0 aromatic heterocycles. The molecule has 0 saturated heterocycles. The Morgan fingerprint density at radius 3 is 1.92 bits per heavy atom. The number of rotatable bonds is 4. The standard InChI is InChI=1S/C5H14NO4P.Ca.ClH/c1-6(2,3)4-5-10-11(7,8)9;;/h4-5H2,1-3H3,(H-,7,8,9);;1H/p+1. The van der Waals surface area contributed by atoms with Gasteiger partial charge in [-0.15, -0.1) is 12.4 Å². The van der Waals surface area contributed by atoms with Gasteiger partial charge in [0.2, 0.25) is 0 Å². The van der Waals surface area contributed by atoms with Crippen molar-refractivity contribution in [2.45, 2.75) is 0 Å². The van der Waals surface area contributed by atoms with Gasteiger partial charge in [0.25, 0.3) is 0 Å². The second-order valence-corrected chi connectivity index (χ2v) is 4.58. The average molecular weight is 261 g/mol. The first-order valence-electron chi connectivity index (χ1n) is 3.21. The number of hydrogen-bond donors (Lipinski definition) is 2. The number of phosphoric ester groups is 1. The second kappa shape index (κ2) is 7.85. The van der Waals surface area contributed by atoms with Gasteiger partial charge in [-0.05, 0) is 0 Å². The molecule has 0 saturated carbocycles. The average Bonchev–Trinajstić information content (AvgIpc) is 1.55. The number of phosphoric acid groups is 1. The molecule has 13 heavy (non-hydrogen) atoms. The first kappa shape index (κ1) is 20.1. The molecular formula is C5H16CaClNO4P+. The Bertz CT molecular complexity index is 168. The minimum atomic E-state index is -4.26. The summed E-state index contributed by atoms with van der Waals surface area (Å²) in [6, 6.07) is 0. The molecule has 0 amide bonds. The van der Waals surface area contributed by atoms with Crippen molar-refractivity contribution in [3.63, 3.8) is 0 Å². The zero-order valence-corrected chi connectivity index (χ0v) is 12.1. The van der Waals surface area contributed by atoms with Crippen molar-refractivity contribution in [2.24, 2.45) is 0 Å². The number of likely N-dealkylation sites (N-methyl/N-ethyl adjacent to an activating group) is 1. The van der Waals surface area contributed by atoms with Crippen LogP contribution in [0.1, 0.15) is 0 Å². The summed E-state index contributed by atoms with van der Waals surface area (Å²) in [7, 11) is 1.50. The SMILES string of the molecule is C[N+](C)(C)CCOP(=O)(O)O.Cl.[Ca]. The van der Waals surface area contributed by atoms with Gasteiger partial charge in [-0.2, -0.15) is 0 Å². The van der Waals surface area contributed by atoms with Crippen molar-refractivity contribution >= 4 is 58.0 Å². The number of nitrogens with zero attached hydrogens (tertiary/aromatic N) is 1. The van der Waals surface area contributed by atoms with Crippen molar-refractivity contribution < 1.29 is 23.4 Å². The van der Waals surface area contributed by atoms with Crippen LogP contribution in [0.3, 0.4) is 0 Å². The summed E-state index contributed by atoms with van der Waals surface area (Å²) in [6.45, 7) is 0.652. The van der Waals surface area contributed by atoms with Crippen LogP contribution in [0.25, 0.3) is 0 Å². The third kappa shape index (κ3) is 19.9. The van der Waals surface area contributed by atoms with Crippen LogP contribution in [-0.4, -0.2) is 86.3 Å². The minimum Gasteiger partial charge on any atom is -0.329 e. The molecule has 0 aromatic rings. The van der Waals surface area contributed by atoms with E-state index in [4.69, 9.17) is 9.79 Å². The molecule has 0 aliphatic heterocycles. The third-order valence-electron chi connectivity index (χ3n) is 1.02. The van der Waals surface area contributed by atoms with Gasteiger partial charge < -0.3 is 14.3 Å². The van der Waals surface area contributed by atoms with Gasteiger partial charge >= 0.3 is 7.82 Å². The Balaban J connectivity index is -0.000000500. The van der Waals surface area contributed by atoms with Crippen LogP contribution >= 0.6 is 20.2 Å². The fraction of sp³-hybridized carbons (Fsp3) is 1.00. The molecule has 78 valence electrons. The summed E-state index contributed by atoms with van der Waals surface area (Å²) in [5, 5.41) is 0. The molecule has 0 aromatic carbocycles. The van der Waals surface area contributed by atoms with E-state index in [9.17, 15) is 4.57 Å². The van der Waals surface area contributed by atoms with Crippen molar-refractivity contribution in [1.29, 1.82) is 0 Å². The van der Waals surface area contributed by atoms with Crippen LogP contribution in [-0.2, 0) is 9.09 Å². The van der Waals surface area contributed by atoms with Gasteiger partial charge in [0.1, 0.15) is 13.2 Å². The van der Waals surface area contributed by atoms with E-state index in [1.165, 1.54) is 0 Å². The van der Waals surface area contributed by atoms with Gasteiger partial charge in [-0.25, -0.2) is 4.57 Å². The van der Waals surface area contributed by atoms with E-state index in [1.807, 2.05) is 21.1 Å². The first-order chi connectivity index (χ1) is 4.71. The maximum absolute atomic E-state index is 10.2. The Hall–Kier alpha value is 1.62. The van der Waals surface area contributed by atoms with Crippen LogP contribution in [0.15, 0.2) is 0 Å². The maximum atomic E-state index is 10.2. The molecule has 0 fully saturated rings. The second-order valence-electron chi connectivity index (χ2n) is 3.34. The molecular weight excluding hydrogens is 245 g/mol. The summed E-state index contributed by atoms with van der Waals surface area (Å²) in [4.78, 5) is 16.6. The molecule has 0 aliphatic carbocycles. The molecule has 8 heteroatoms. The zero-order valence-electron chi connectivity index (χ0n) is 8.13. The molecule has 0 heterocycles. The molecule has 5 nitrogen and oxygen atoms in total. The quantitative estimate of drug-likeness (QED) is 0.419. The van der Waals surface area contributed by atoms with E-state index in [-0.39, 0.29) is 56.8 Å². The fourth-order valence-corrected chi connectivity index (χ4v) is 0.753. The van der Waals surface area contributed by atoms with Crippen LogP contribution in [0.4, 0.5) is 0 Å². The van der Waals surface area contributed by atoms with Gasteiger partial charge in [-0.1, -0.05) is 0 Å². The molecule has 0 bridgehead atoms. The van der Waals surface area contributed by atoms with Crippen molar-refractivity contribution in [3.8, 4) is 0 Å². The van der Waals surface area contributed by atoms with E-state index in [0.717, 1.165) is 0 Å². The summed E-state index contributed by atoms with van der Waals surface area (Å²) in [5.74, 6) is 0. The van der Waals surface area contributed by atoms with Gasteiger partial charge in [0, 0.05) is 37.7 Å². The van der Waals surface area contributed by atoms with Crippen LogP contribution in [0.5, 0.6) is 0 Å². The summed E-state index contributed by atoms with van der Waals surface area (Å²) < 4.78 is 15.1. The van der Waals surface area contributed by atoms with Crippen LogP contribution in [0.2, 0.25) is 0 Å². The van der Waals surface area contributed by atoms with E-state index in [1.54, 1.807) is 0 Å². The maximum Gasteiger partial charge on any atom is 0.469 e. The largest absolute Gasteiger partial charge is 0.469 e. The molecule has 2 radical (unpaired) electrons. The van der Waals surface area contributed by atoms with E-state index in [2.05, 4.69) is 4.52 Å². The fourth-order valence-electron chi connectivity index (χ4n) is 0.434. The zero-order chi connectivity index (χ0) is 9.12. The Morgan fingerprint density at radius 2 is 1.69 bits per heavy atom. The van der Waals surface area contributed by atoms with Crippen molar-refractivity contribution in [2.75, 3.05) is 34.3 Å². The summed E-state index contributed by atoms with van der Waals surface area (Å²) >= 11 is 0. The third-order valence-corrected chi connectivity index (χ3v) is 1.54. The smallest absolute Gasteiger partial charge is 0.329 e. The summed E-state index contributed by atoms with van der Waals surface area (Å²) in [5.41, 5.74) is 0. The van der Waals surface area contributed by atoms with Crippen LogP contribution < -0.4 is 0 Å². The predicted octanol–water partition coefficient (Wildman–Crippen LogP) is -0.157. The van der Waals surface area contributed by atoms with Gasteiger partial charge in [0.05, 0.1) is 21.1 Å². The van der Waals surface area contributed by atoms with E-state index < -0.39 is 7.82 Å². The Kier molecular flexibility index (Phi) is 12.1. The molecule has 0 aliphatic rings. The van der Waals surface area contributed by atoms with Crippen LogP contribution in [0, 0.1) is 0 Å².